The Bertz CT molecular complexity index is 324. The molecule has 1 amide bonds. The number of aliphatic hydroxyl groups excluding tert-OH is 1. The van der Waals surface area contributed by atoms with Crippen molar-refractivity contribution in [3.8, 4) is 0 Å². The van der Waals surface area contributed by atoms with Gasteiger partial charge < -0.3 is 14.4 Å². The van der Waals surface area contributed by atoms with E-state index in [0.29, 0.717) is 4.67 Å². The third kappa shape index (κ3) is 2.36. The summed E-state index contributed by atoms with van der Waals surface area (Å²) in [4.78, 5) is 13.1. The summed E-state index contributed by atoms with van der Waals surface area (Å²) < 4.78 is 5.62. The highest BCUT2D eigenvalue weighted by Crippen LogP contribution is 2.15. The van der Waals surface area contributed by atoms with Crippen molar-refractivity contribution >= 4 is 21.8 Å². The molecule has 4 nitrogen and oxygen atoms in total. The second-order valence-corrected chi connectivity index (χ2v) is 3.83. The van der Waals surface area contributed by atoms with Crippen molar-refractivity contribution in [3.05, 3.63) is 22.6 Å². The van der Waals surface area contributed by atoms with Crippen molar-refractivity contribution in [2.75, 3.05) is 13.7 Å². The Kier molecular flexibility index (Phi) is 3.71. The summed E-state index contributed by atoms with van der Waals surface area (Å²) in [5, 5.41) is 8.87. The van der Waals surface area contributed by atoms with Crippen LogP contribution in [0.15, 0.2) is 21.2 Å². The minimum absolute atomic E-state index is 0.0654. The fourth-order valence-electron chi connectivity index (χ4n) is 0.926. The van der Waals surface area contributed by atoms with Crippen LogP contribution in [0.4, 0.5) is 0 Å². The van der Waals surface area contributed by atoms with Crippen LogP contribution in [0.1, 0.15) is 17.5 Å². The number of aliphatic hydroxyl groups is 1. The lowest BCUT2D eigenvalue weighted by Crippen LogP contribution is -2.37. The molecular weight excluding hydrogens is 250 g/mol. The minimum Gasteiger partial charge on any atom is -0.444 e. The average Bonchev–Trinajstić information content (AvgIpc) is 2.61. The Balaban J connectivity index is 2.75. The van der Waals surface area contributed by atoms with Gasteiger partial charge in [-0.05, 0) is 35.0 Å². The van der Waals surface area contributed by atoms with Gasteiger partial charge in [-0.2, -0.15) is 0 Å². The summed E-state index contributed by atoms with van der Waals surface area (Å²) in [6.07, 6.45) is 0. The molecule has 1 atom stereocenters. The molecule has 14 heavy (non-hydrogen) atoms. The Labute approximate surface area is 90.6 Å². The van der Waals surface area contributed by atoms with Gasteiger partial charge in [-0.3, -0.25) is 4.79 Å². The highest BCUT2D eigenvalue weighted by Gasteiger charge is 2.19. The van der Waals surface area contributed by atoms with Crippen molar-refractivity contribution < 1.29 is 14.3 Å². The molecule has 0 bridgehead atoms. The van der Waals surface area contributed by atoms with Crippen molar-refractivity contribution in [1.29, 1.82) is 0 Å². The lowest BCUT2D eigenvalue weighted by Gasteiger charge is -2.21. The summed E-state index contributed by atoms with van der Waals surface area (Å²) in [6.45, 7) is 1.69. The Hall–Kier alpha value is -0.810. The molecule has 5 heteroatoms. The molecule has 1 heterocycles. The summed E-state index contributed by atoms with van der Waals surface area (Å²) in [5.74, 6) is 0.0249. The lowest BCUT2D eigenvalue weighted by molar-refractivity contribution is 0.0649. The molecule has 0 aromatic carbocycles. The van der Waals surface area contributed by atoms with Crippen LogP contribution in [0.25, 0.3) is 0 Å². The number of furan rings is 1. The van der Waals surface area contributed by atoms with Crippen LogP contribution in [-0.2, 0) is 0 Å². The van der Waals surface area contributed by atoms with Gasteiger partial charge in [0.15, 0.2) is 10.4 Å². The highest BCUT2D eigenvalue weighted by molar-refractivity contribution is 9.10. The van der Waals surface area contributed by atoms with Crippen molar-refractivity contribution in [2.24, 2.45) is 0 Å². The molecule has 1 aromatic rings. The SMILES string of the molecule is CC(CO)N(C)C(=O)c1ccc(Br)o1. The second-order valence-electron chi connectivity index (χ2n) is 3.05. The van der Waals surface area contributed by atoms with Crippen LogP contribution in [0.3, 0.4) is 0 Å². The van der Waals surface area contributed by atoms with Gasteiger partial charge in [0.2, 0.25) is 0 Å². The van der Waals surface area contributed by atoms with E-state index in [1.165, 1.54) is 4.90 Å². The molecule has 0 saturated carbocycles. The Morgan fingerprint density at radius 1 is 1.71 bits per heavy atom. The van der Waals surface area contributed by atoms with Crippen molar-refractivity contribution in [1.82, 2.24) is 4.90 Å². The standard InChI is InChI=1S/C9H12BrNO3/c1-6(5-12)11(2)9(13)7-3-4-8(10)14-7/h3-4,6,12H,5H2,1-2H3. The first-order valence-electron chi connectivity index (χ1n) is 4.19. The second kappa shape index (κ2) is 4.61. The summed E-state index contributed by atoms with van der Waals surface area (Å²) in [6, 6.07) is 3.03. The molecule has 0 radical (unpaired) electrons. The van der Waals surface area contributed by atoms with E-state index in [0.717, 1.165) is 0 Å². The quantitative estimate of drug-likeness (QED) is 0.897. The predicted molar refractivity (Wildman–Crippen MR) is 55.0 cm³/mol. The maximum Gasteiger partial charge on any atom is 0.289 e. The van der Waals surface area contributed by atoms with E-state index in [1.54, 1.807) is 26.1 Å². The first-order chi connectivity index (χ1) is 6.56. The normalized spacial score (nSPS) is 12.6. The molecule has 1 rings (SSSR count). The topological polar surface area (TPSA) is 53.7 Å². The number of carbonyl (C=O) groups is 1. The first-order valence-corrected chi connectivity index (χ1v) is 4.99. The van der Waals surface area contributed by atoms with Gasteiger partial charge in [-0.25, -0.2) is 0 Å². The number of nitrogens with zero attached hydrogens (tertiary/aromatic N) is 1. The monoisotopic (exact) mass is 261 g/mol. The maximum absolute atomic E-state index is 11.7. The predicted octanol–water partition coefficient (Wildman–Crippen LogP) is 1.49. The first kappa shape index (κ1) is 11.3. The van der Waals surface area contributed by atoms with E-state index in [4.69, 9.17) is 9.52 Å². The Morgan fingerprint density at radius 2 is 2.36 bits per heavy atom. The average molecular weight is 262 g/mol. The number of rotatable bonds is 3. The van der Waals surface area contributed by atoms with Gasteiger partial charge in [0.25, 0.3) is 5.91 Å². The van der Waals surface area contributed by atoms with Gasteiger partial charge in [0.1, 0.15) is 0 Å². The van der Waals surface area contributed by atoms with Gasteiger partial charge >= 0.3 is 0 Å². The summed E-state index contributed by atoms with van der Waals surface area (Å²) in [5.41, 5.74) is 0. The summed E-state index contributed by atoms with van der Waals surface area (Å²) >= 11 is 3.12. The van der Waals surface area contributed by atoms with Gasteiger partial charge in [-0.1, -0.05) is 0 Å². The zero-order valence-corrected chi connectivity index (χ0v) is 9.61. The number of halogens is 1. The zero-order chi connectivity index (χ0) is 10.7. The third-order valence-corrected chi connectivity index (χ3v) is 2.46. The van der Waals surface area contributed by atoms with Crippen LogP contribution in [0.2, 0.25) is 0 Å². The summed E-state index contributed by atoms with van der Waals surface area (Å²) in [7, 11) is 1.62. The molecule has 0 fully saturated rings. The fourth-order valence-corrected chi connectivity index (χ4v) is 1.23. The lowest BCUT2D eigenvalue weighted by atomic mass is 10.3. The largest absolute Gasteiger partial charge is 0.444 e. The van der Waals surface area contributed by atoms with E-state index in [9.17, 15) is 4.79 Å². The smallest absolute Gasteiger partial charge is 0.289 e. The molecule has 0 saturated heterocycles. The van der Waals surface area contributed by atoms with Crippen LogP contribution in [0.5, 0.6) is 0 Å². The Morgan fingerprint density at radius 3 is 2.79 bits per heavy atom. The van der Waals surface area contributed by atoms with Crippen molar-refractivity contribution in [2.45, 2.75) is 13.0 Å². The molecular formula is C9H12BrNO3. The number of hydrogen-bond acceptors (Lipinski definition) is 3. The molecule has 1 unspecified atom stereocenters. The van der Waals surface area contributed by atoms with Crippen LogP contribution in [-0.4, -0.2) is 35.6 Å². The van der Waals surface area contributed by atoms with Crippen LogP contribution >= 0.6 is 15.9 Å². The molecule has 78 valence electrons. The van der Waals surface area contributed by atoms with Crippen LogP contribution < -0.4 is 0 Å². The van der Waals surface area contributed by atoms with Gasteiger partial charge in [0, 0.05) is 7.05 Å². The molecule has 0 spiro atoms. The highest BCUT2D eigenvalue weighted by atomic mass is 79.9. The molecule has 1 N–H and O–H groups in total. The molecule has 0 aliphatic rings. The minimum atomic E-state index is -0.239. The number of carbonyl (C=O) groups excluding carboxylic acids is 1. The number of hydrogen-bond donors (Lipinski definition) is 1. The number of amides is 1. The van der Waals surface area contributed by atoms with Gasteiger partial charge in [0.05, 0.1) is 12.6 Å². The molecule has 0 aliphatic carbocycles. The molecule has 0 aliphatic heterocycles. The van der Waals surface area contributed by atoms with E-state index in [2.05, 4.69) is 15.9 Å². The van der Waals surface area contributed by atoms with E-state index >= 15 is 0 Å². The van der Waals surface area contributed by atoms with Crippen molar-refractivity contribution in [3.63, 3.8) is 0 Å². The zero-order valence-electron chi connectivity index (χ0n) is 8.03. The molecule has 1 aromatic heterocycles. The van der Waals surface area contributed by atoms with E-state index in [-0.39, 0.29) is 24.3 Å². The van der Waals surface area contributed by atoms with E-state index in [1.807, 2.05) is 0 Å². The third-order valence-electron chi connectivity index (χ3n) is 2.03. The maximum atomic E-state index is 11.7. The van der Waals surface area contributed by atoms with E-state index < -0.39 is 0 Å². The fraction of sp³-hybridized carbons (Fsp3) is 0.444. The van der Waals surface area contributed by atoms with Crippen LogP contribution in [0, 0.1) is 0 Å². The van der Waals surface area contributed by atoms with Gasteiger partial charge in [-0.15, -0.1) is 0 Å². The number of likely N-dealkylation sites (N-methyl/N-ethyl adjacent to an activating group) is 1.